The molecule has 8 bridgehead atoms. The normalized spacial score (nSPS) is 12.8. The zero-order valence-corrected chi connectivity index (χ0v) is 21.3. The predicted octanol–water partition coefficient (Wildman–Crippen LogP) is 5.87. The van der Waals surface area contributed by atoms with E-state index in [0.717, 1.165) is 37.7 Å². The van der Waals surface area contributed by atoms with E-state index in [-0.39, 0.29) is 5.82 Å². The topological polar surface area (TPSA) is 113 Å². The van der Waals surface area contributed by atoms with Crippen molar-refractivity contribution in [3.8, 4) is 0 Å². The van der Waals surface area contributed by atoms with Crippen LogP contribution in [0.25, 0.3) is 43.1 Å². The Hall–Kier alpha value is -5.83. The molecule has 1 aliphatic rings. The molecule has 0 radical (unpaired) electrons. The van der Waals surface area contributed by atoms with Crippen LogP contribution in [0.2, 0.25) is 0 Å². The van der Waals surface area contributed by atoms with Crippen molar-refractivity contribution in [3.63, 3.8) is 0 Å². The number of nitrogens with zero attached hydrogens (tertiary/aromatic N) is 4. The van der Waals surface area contributed by atoms with Crippen LogP contribution in [0.1, 0.15) is 0 Å². The SMILES string of the molecule is Fc1ccc2c3[nH]c(c2c1)N=c1[nH]c(c2ccccc12)=Nc1[nH]c(c2ccccc12)N=c1[nH]c(c2ccccc12)=N3. The van der Waals surface area contributed by atoms with E-state index in [1.807, 2.05) is 72.8 Å². The largest absolute Gasteiger partial charge is 0.324 e. The van der Waals surface area contributed by atoms with Gasteiger partial charge in [-0.05, 0) is 18.2 Å². The van der Waals surface area contributed by atoms with Crippen molar-refractivity contribution in [2.45, 2.75) is 0 Å². The van der Waals surface area contributed by atoms with Gasteiger partial charge in [-0.15, -0.1) is 0 Å². The van der Waals surface area contributed by atoms with Gasteiger partial charge in [0.2, 0.25) is 0 Å². The molecule has 0 unspecified atom stereocenters. The molecular weight excluding hydrogens is 515 g/mol. The summed E-state index contributed by atoms with van der Waals surface area (Å²) in [6, 6.07) is 28.6. The van der Waals surface area contributed by atoms with Crippen molar-refractivity contribution in [2.75, 3.05) is 0 Å². The van der Waals surface area contributed by atoms with E-state index >= 15 is 0 Å². The molecule has 9 heteroatoms. The fourth-order valence-electron chi connectivity index (χ4n) is 5.75. The van der Waals surface area contributed by atoms with Crippen LogP contribution in [0.15, 0.2) is 111 Å². The summed E-state index contributed by atoms with van der Waals surface area (Å²) in [5.41, 5.74) is 2.58. The molecule has 9 rings (SSSR count). The van der Waals surface area contributed by atoms with E-state index in [4.69, 9.17) is 20.0 Å². The molecule has 8 aromatic rings. The van der Waals surface area contributed by atoms with Gasteiger partial charge in [0, 0.05) is 43.1 Å². The predicted molar refractivity (Wildman–Crippen MR) is 156 cm³/mol. The molecule has 0 spiro atoms. The van der Waals surface area contributed by atoms with Crippen LogP contribution < -0.4 is 22.0 Å². The molecule has 0 saturated heterocycles. The maximum Gasteiger partial charge on any atom is 0.142 e. The first-order valence-corrected chi connectivity index (χ1v) is 13.2. The average molecular weight is 535 g/mol. The molecule has 4 aromatic heterocycles. The lowest BCUT2D eigenvalue weighted by Crippen LogP contribution is -2.10. The minimum atomic E-state index is -0.349. The first kappa shape index (κ1) is 22.0. The van der Waals surface area contributed by atoms with Gasteiger partial charge in [0.1, 0.15) is 51.0 Å². The van der Waals surface area contributed by atoms with Gasteiger partial charge in [-0.2, -0.15) is 0 Å². The minimum absolute atomic E-state index is 0.349. The van der Waals surface area contributed by atoms with Gasteiger partial charge in [-0.1, -0.05) is 72.8 Å². The van der Waals surface area contributed by atoms with E-state index in [1.165, 1.54) is 12.1 Å². The zero-order chi connectivity index (χ0) is 27.1. The van der Waals surface area contributed by atoms with E-state index < -0.39 is 0 Å². The van der Waals surface area contributed by atoms with E-state index in [0.29, 0.717) is 50.6 Å². The Morgan fingerprint density at radius 2 is 0.707 bits per heavy atom. The van der Waals surface area contributed by atoms with Crippen LogP contribution >= 0.6 is 0 Å². The van der Waals surface area contributed by atoms with E-state index in [2.05, 4.69) is 19.9 Å². The fourth-order valence-corrected chi connectivity index (χ4v) is 5.75. The minimum Gasteiger partial charge on any atom is -0.324 e. The summed E-state index contributed by atoms with van der Waals surface area (Å²) in [7, 11) is 0. The molecule has 8 nitrogen and oxygen atoms in total. The van der Waals surface area contributed by atoms with Gasteiger partial charge < -0.3 is 19.9 Å². The summed E-state index contributed by atoms with van der Waals surface area (Å²) in [5, 5.41) is 6.95. The smallest absolute Gasteiger partial charge is 0.142 e. The third-order valence-electron chi connectivity index (χ3n) is 7.65. The van der Waals surface area contributed by atoms with E-state index in [1.54, 1.807) is 6.07 Å². The molecule has 0 saturated carbocycles. The summed E-state index contributed by atoms with van der Waals surface area (Å²) in [6.45, 7) is 0. The van der Waals surface area contributed by atoms with Gasteiger partial charge in [0.25, 0.3) is 0 Å². The van der Waals surface area contributed by atoms with Crippen molar-refractivity contribution in [1.29, 1.82) is 0 Å². The Labute approximate surface area is 229 Å². The first-order valence-electron chi connectivity index (χ1n) is 13.2. The summed E-state index contributed by atoms with van der Waals surface area (Å²) >= 11 is 0. The maximum atomic E-state index is 14.5. The fraction of sp³-hybridized carbons (Fsp3) is 0. The van der Waals surface area contributed by atoms with Crippen molar-refractivity contribution in [2.24, 2.45) is 20.0 Å². The highest BCUT2D eigenvalue weighted by molar-refractivity contribution is 6.01. The number of nitrogens with one attached hydrogen (secondary N) is 4. The second kappa shape index (κ2) is 8.09. The lowest BCUT2D eigenvalue weighted by molar-refractivity contribution is 0.630. The molecule has 41 heavy (non-hydrogen) atoms. The van der Waals surface area contributed by atoms with Crippen LogP contribution in [0.4, 0.5) is 27.7 Å². The van der Waals surface area contributed by atoms with Gasteiger partial charge in [0.15, 0.2) is 0 Å². The highest BCUT2D eigenvalue weighted by atomic mass is 19.1. The van der Waals surface area contributed by atoms with E-state index in [9.17, 15) is 4.39 Å². The van der Waals surface area contributed by atoms with Gasteiger partial charge in [-0.25, -0.2) is 24.4 Å². The van der Waals surface area contributed by atoms with Crippen molar-refractivity contribution < 1.29 is 4.39 Å². The number of aromatic nitrogens is 4. The average Bonchev–Trinajstić information content (AvgIpc) is 3.72. The highest BCUT2D eigenvalue weighted by Crippen LogP contribution is 2.35. The highest BCUT2D eigenvalue weighted by Gasteiger charge is 2.15. The Balaban J connectivity index is 1.51. The Kier molecular flexibility index (Phi) is 4.35. The molecule has 194 valence electrons. The quantitative estimate of drug-likeness (QED) is 0.187. The Morgan fingerprint density at radius 3 is 1.12 bits per heavy atom. The molecule has 4 N–H and O–H groups in total. The number of hydrogen-bond donors (Lipinski definition) is 4. The number of benzene rings is 4. The van der Waals surface area contributed by atoms with Crippen LogP contribution in [-0.4, -0.2) is 19.9 Å². The lowest BCUT2D eigenvalue weighted by Gasteiger charge is -1.93. The second-order valence-electron chi connectivity index (χ2n) is 10.1. The van der Waals surface area contributed by atoms with Gasteiger partial charge >= 0.3 is 0 Å². The third kappa shape index (κ3) is 3.26. The molecule has 4 aromatic carbocycles. The number of aromatic amines is 4. The number of halogens is 1. The molecule has 1 aliphatic heterocycles. The standard InChI is InChI=1S/C32H19FN8/c33-16-13-14-23-24(15-16)32-40-30-22-12-6-5-11-21(22)28(38-30)36-26-18-8-2-1-7-17(18)25(34-26)35-27-19-9-3-4-10-20(19)29(37-27)39-31(23)41-32/h1-15H,(H4,34,35,36,37,38,39,40,41). The number of fused-ring (bicyclic) bond motifs is 20. The van der Waals surface area contributed by atoms with Crippen molar-refractivity contribution in [1.82, 2.24) is 19.9 Å². The van der Waals surface area contributed by atoms with Gasteiger partial charge in [0.05, 0.1) is 0 Å². The summed E-state index contributed by atoms with van der Waals surface area (Å²) < 4.78 is 14.5. The third-order valence-corrected chi connectivity index (χ3v) is 7.65. The molecule has 5 heterocycles. The van der Waals surface area contributed by atoms with Crippen LogP contribution in [0.3, 0.4) is 0 Å². The molecule has 0 aliphatic carbocycles. The lowest BCUT2D eigenvalue weighted by atomic mass is 10.2. The monoisotopic (exact) mass is 534 g/mol. The summed E-state index contributed by atoms with van der Waals surface area (Å²) in [5.74, 6) is 2.09. The molecule has 0 amide bonds. The van der Waals surface area contributed by atoms with Crippen molar-refractivity contribution >= 4 is 66.4 Å². The van der Waals surface area contributed by atoms with Crippen LogP contribution in [0, 0.1) is 5.82 Å². The number of hydrogen-bond acceptors (Lipinski definition) is 4. The summed E-state index contributed by atoms with van der Waals surface area (Å²) in [6.07, 6.45) is 0. The Bertz CT molecular complexity index is 2610. The first-order chi connectivity index (χ1) is 20.2. The van der Waals surface area contributed by atoms with Gasteiger partial charge in [-0.3, -0.25) is 0 Å². The Morgan fingerprint density at radius 1 is 0.366 bits per heavy atom. The zero-order valence-electron chi connectivity index (χ0n) is 21.3. The van der Waals surface area contributed by atoms with Crippen LogP contribution in [-0.2, 0) is 0 Å². The second-order valence-corrected chi connectivity index (χ2v) is 10.1. The van der Waals surface area contributed by atoms with Crippen molar-refractivity contribution in [3.05, 3.63) is 119 Å². The molecule has 0 fully saturated rings. The molecule has 0 atom stereocenters. The maximum absolute atomic E-state index is 14.5. The number of H-pyrrole nitrogens is 4. The molecular formula is C32H19FN8. The number of rotatable bonds is 0. The summed E-state index contributed by atoms with van der Waals surface area (Å²) in [4.78, 5) is 33.6. The van der Waals surface area contributed by atoms with Crippen LogP contribution in [0.5, 0.6) is 0 Å².